The smallest absolute Gasteiger partial charge is 0.232 e. The minimum absolute atomic E-state index is 0.0261. The predicted molar refractivity (Wildman–Crippen MR) is 113 cm³/mol. The Balaban J connectivity index is 1.61. The van der Waals surface area contributed by atoms with Gasteiger partial charge in [0.1, 0.15) is 0 Å². The number of nitrogen functional groups attached to an aromatic ring is 1. The molecule has 4 rings (SSSR count). The van der Waals surface area contributed by atoms with Gasteiger partial charge in [-0.2, -0.15) is 0 Å². The molecule has 1 fully saturated rings. The van der Waals surface area contributed by atoms with Crippen molar-refractivity contribution in [3.63, 3.8) is 0 Å². The molecule has 2 heterocycles. The zero-order chi connectivity index (χ0) is 20.0. The van der Waals surface area contributed by atoms with Crippen LogP contribution in [0.1, 0.15) is 35.1 Å². The van der Waals surface area contributed by atoms with E-state index in [2.05, 4.69) is 19.1 Å². The second kappa shape index (κ2) is 6.97. The summed E-state index contributed by atoms with van der Waals surface area (Å²) in [5.41, 5.74) is 13.1. The maximum atomic E-state index is 13.3. The molecule has 0 aromatic heterocycles. The van der Waals surface area contributed by atoms with E-state index >= 15 is 0 Å². The van der Waals surface area contributed by atoms with E-state index < -0.39 is 0 Å². The number of hydrogen-bond acceptors (Lipinski definition) is 3. The highest BCUT2D eigenvalue weighted by atomic mass is 16.2. The highest BCUT2D eigenvalue weighted by molar-refractivity contribution is 6.05. The van der Waals surface area contributed by atoms with E-state index in [0.29, 0.717) is 13.1 Å². The fourth-order valence-electron chi connectivity index (χ4n) is 4.79. The van der Waals surface area contributed by atoms with Gasteiger partial charge in [-0.15, -0.1) is 0 Å². The Hall–Kier alpha value is -2.82. The molecule has 2 amide bonds. The van der Waals surface area contributed by atoms with E-state index in [9.17, 15) is 9.59 Å². The van der Waals surface area contributed by atoms with Crippen molar-refractivity contribution in [2.45, 2.75) is 40.0 Å². The number of carbonyl (C=O) groups excluding carboxylic acids is 2. The second-order valence-corrected chi connectivity index (χ2v) is 8.09. The van der Waals surface area contributed by atoms with Gasteiger partial charge in [-0.25, -0.2) is 0 Å². The summed E-state index contributed by atoms with van der Waals surface area (Å²) in [5.74, 6) is -0.261. The van der Waals surface area contributed by atoms with E-state index in [1.54, 1.807) is 4.90 Å². The van der Waals surface area contributed by atoms with Crippen molar-refractivity contribution in [2.75, 3.05) is 28.6 Å². The van der Waals surface area contributed by atoms with Crippen molar-refractivity contribution >= 4 is 28.9 Å². The highest BCUT2D eigenvalue weighted by Crippen LogP contribution is 2.36. The first kappa shape index (κ1) is 18.5. The largest absolute Gasteiger partial charge is 0.398 e. The molecule has 2 N–H and O–H groups in total. The van der Waals surface area contributed by atoms with E-state index in [1.165, 1.54) is 5.56 Å². The van der Waals surface area contributed by atoms with Gasteiger partial charge in [-0.3, -0.25) is 9.59 Å². The summed E-state index contributed by atoms with van der Waals surface area (Å²) in [7, 11) is 0. The number of hydrogen-bond donors (Lipinski definition) is 1. The summed E-state index contributed by atoms with van der Waals surface area (Å²) >= 11 is 0. The molecule has 2 aliphatic rings. The van der Waals surface area contributed by atoms with Crippen LogP contribution in [0.4, 0.5) is 17.1 Å². The Kier molecular flexibility index (Phi) is 4.61. The van der Waals surface area contributed by atoms with Crippen LogP contribution in [0.2, 0.25) is 0 Å². The number of rotatable bonds is 2. The van der Waals surface area contributed by atoms with Crippen LogP contribution in [0.5, 0.6) is 0 Å². The number of benzene rings is 2. The lowest BCUT2D eigenvalue weighted by molar-refractivity contribution is -0.124. The molecule has 1 unspecified atom stereocenters. The van der Waals surface area contributed by atoms with Gasteiger partial charge in [0.05, 0.1) is 5.92 Å². The predicted octanol–water partition coefficient (Wildman–Crippen LogP) is 3.53. The molecular formula is C23H27N3O2. The van der Waals surface area contributed by atoms with E-state index in [4.69, 9.17) is 5.73 Å². The maximum Gasteiger partial charge on any atom is 0.232 e. The van der Waals surface area contributed by atoms with Crippen molar-refractivity contribution in [1.82, 2.24) is 0 Å². The van der Waals surface area contributed by atoms with Crippen molar-refractivity contribution in [3.8, 4) is 0 Å². The van der Waals surface area contributed by atoms with Gasteiger partial charge >= 0.3 is 0 Å². The topological polar surface area (TPSA) is 66.6 Å². The Morgan fingerprint density at radius 2 is 1.86 bits per heavy atom. The van der Waals surface area contributed by atoms with E-state index in [1.807, 2.05) is 36.9 Å². The summed E-state index contributed by atoms with van der Waals surface area (Å²) in [6, 6.07) is 9.93. The molecular weight excluding hydrogens is 350 g/mol. The van der Waals surface area contributed by atoms with Gasteiger partial charge in [0.15, 0.2) is 0 Å². The fourth-order valence-corrected chi connectivity index (χ4v) is 4.79. The fraction of sp³-hybridized carbons (Fsp3) is 0.391. The van der Waals surface area contributed by atoms with Crippen molar-refractivity contribution < 1.29 is 9.59 Å². The molecule has 1 saturated heterocycles. The summed E-state index contributed by atoms with van der Waals surface area (Å²) in [6.07, 6.45) is 2.05. The molecule has 0 saturated carbocycles. The Labute approximate surface area is 166 Å². The van der Waals surface area contributed by atoms with Gasteiger partial charge in [0.2, 0.25) is 11.8 Å². The maximum absolute atomic E-state index is 13.3. The first-order valence-corrected chi connectivity index (χ1v) is 9.93. The van der Waals surface area contributed by atoms with Crippen LogP contribution in [0, 0.1) is 26.7 Å². The number of nitrogens with zero attached hydrogens (tertiary/aromatic N) is 2. The van der Waals surface area contributed by atoms with E-state index in [-0.39, 0.29) is 24.2 Å². The Morgan fingerprint density at radius 3 is 2.57 bits per heavy atom. The van der Waals surface area contributed by atoms with Gasteiger partial charge in [0, 0.05) is 36.6 Å². The zero-order valence-corrected chi connectivity index (χ0v) is 16.8. The van der Waals surface area contributed by atoms with Crippen LogP contribution in [-0.4, -0.2) is 24.9 Å². The Bertz CT molecular complexity index is 943. The number of anilines is 3. The lowest BCUT2D eigenvalue weighted by Crippen LogP contribution is -2.40. The summed E-state index contributed by atoms with van der Waals surface area (Å²) in [4.78, 5) is 29.8. The number of carbonyl (C=O) groups is 2. The zero-order valence-electron chi connectivity index (χ0n) is 16.8. The van der Waals surface area contributed by atoms with Crippen LogP contribution < -0.4 is 15.5 Å². The molecule has 1 atom stereocenters. The Morgan fingerprint density at radius 1 is 1.14 bits per heavy atom. The number of amides is 2. The van der Waals surface area contributed by atoms with Gasteiger partial charge in [-0.05, 0) is 62.4 Å². The van der Waals surface area contributed by atoms with Gasteiger partial charge < -0.3 is 15.5 Å². The van der Waals surface area contributed by atoms with Crippen molar-refractivity contribution in [1.29, 1.82) is 0 Å². The van der Waals surface area contributed by atoms with Crippen molar-refractivity contribution in [2.24, 2.45) is 5.92 Å². The van der Waals surface area contributed by atoms with Gasteiger partial charge in [-0.1, -0.05) is 23.8 Å². The normalized spacial score (nSPS) is 19.1. The molecule has 2 aromatic rings. The molecule has 146 valence electrons. The van der Waals surface area contributed by atoms with Crippen LogP contribution >= 0.6 is 0 Å². The lowest BCUT2D eigenvalue weighted by Gasteiger charge is -2.32. The monoisotopic (exact) mass is 377 g/mol. The van der Waals surface area contributed by atoms with Crippen LogP contribution in [0.3, 0.4) is 0 Å². The summed E-state index contributed by atoms with van der Waals surface area (Å²) < 4.78 is 0. The molecule has 2 aromatic carbocycles. The second-order valence-electron chi connectivity index (χ2n) is 8.09. The van der Waals surface area contributed by atoms with Crippen molar-refractivity contribution in [3.05, 3.63) is 52.6 Å². The molecule has 0 bridgehead atoms. The first-order valence-electron chi connectivity index (χ1n) is 9.93. The molecule has 28 heavy (non-hydrogen) atoms. The highest BCUT2D eigenvalue weighted by Gasteiger charge is 2.39. The first-order chi connectivity index (χ1) is 13.4. The molecule has 0 aliphatic carbocycles. The minimum Gasteiger partial charge on any atom is -0.398 e. The number of nitrogens with two attached hydrogens (primary N) is 1. The summed E-state index contributed by atoms with van der Waals surface area (Å²) in [6.45, 7) is 7.24. The van der Waals surface area contributed by atoms with Gasteiger partial charge in [0.25, 0.3) is 0 Å². The van der Waals surface area contributed by atoms with Crippen LogP contribution in [0.25, 0.3) is 0 Å². The standard InChI is InChI=1S/C23H27N3O2/c1-14-10-15(2)22(16(3)11-14)26-13-17(12-21(26)27)23(28)25-9-5-6-18-19(24)7-4-8-20(18)25/h4,7-8,10-11,17H,5-6,9,12-13,24H2,1-3H3. The minimum atomic E-state index is -0.319. The number of fused-ring (bicyclic) bond motifs is 1. The van der Waals surface area contributed by atoms with E-state index in [0.717, 1.165) is 46.6 Å². The number of aryl methyl sites for hydroxylation is 3. The third kappa shape index (κ3) is 3.05. The average molecular weight is 377 g/mol. The molecule has 5 nitrogen and oxygen atoms in total. The summed E-state index contributed by atoms with van der Waals surface area (Å²) in [5, 5.41) is 0. The molecule has 2 aliphatic heterocycles. The lowest BCUT2D eigenvalue weighted by atomic mass is 9.97. The molecule has 0 radical (unpaired) electrons. The third-order valence-corrected chi connectivity index (χ3v) is 5.93. The van der Waals surface area contributed by atoms with Crippen LogP contribution in [0.15, 0.2) is 30.3 Å². The molecule has 5 heteroatoms. The molecule has 0 spiro atoms. The quantitative estimate of drug-likeness (QED) is 0.814. The van der Waals surface area contributed by atoms with Crippen LogP contribution in [-0.2, 0) is 16.0 Å². The third-order valence-electron chi connectivity index (χ3n) is 5.93. The SMILES string of the molecule is Cc1cc(C)c(N2CC(C(=O)N3CCCc4c(N)cccc43)CC2=O)c(C)c1. The average Bonchev–Trinajstić information content (AvgIpc) is 3.02.